The summed E-state index contributed by atoms with van der Waals surface area (Å²) in [5, 5.41) is 11.8. The van der Waals surface area contributed by atoms with Crippen LogP contribution < -0.4 is 10.1 Å². The highest BCUT2D eigenvalue weighted by Crippen LogP contribution is 2.21. The predicted octanol–water partition coefficient (Wildman–Crippen LogP) is 1.41. The van der Waals surface area contributed by atoms with E-state index in [9.17, 15) is 9.18 Å². The van der Waals surface area contributed by atoms with E-state index in [1.54, 1.807) is 18.2 Å². The summed E-state index contributed by atoms with van der Waals surface area (Å²) < 4.78 is 18.8. The van der Waals surface area contributed by atoms with E-state index >= 15 is 0 Å². The molecule has 92 valence electrons. The van der Waals surface area contributed by atoms with Crippen molar-refractivity contribution in [1.29, 1.82) is 0 Å². The number of para-hydroxylation sites is 1. The lowest BCUT2D eigenvalue weighted by Gasteiger charge is -2.28. The molecule has 2 unspecified atom stereocenters. The summed E-state index contributed by atoms with van der Waals surface area (Å²) in [7, 11) is 0. The van der Waals surface area contributed by atoms with Crippen LogP contribution in [0.4, 0.5) is 4.39 Å². The molecular weight excluding hydrogens is 225 g/mol. The topological polar surface area (TPSA) is 58.6 Å². The zero-order valence-electron chi connectivity index (χ0n) is 9.23. The largest absolute Gasteiger partial charge is 0.487 e. The number of carboxylic acids is 1. The van der Waals surface area contributed by atoms with Gasteiger partial charge >= 0.3 is 5.97 Å². The maximum atomic E-state index is 13.3. The van der Waals surface area contributed by atoms with Gasteiger partial charge in [0.25, 0.3) is 0 Å². The van der Waals surface area contributed by atoms with Crippen molar-refractivity contribution in [3.8, 4) is 5.75 Å². The van der Waals surface area contributed by atoms with Crippen molar-refractivity contribution in [3.05, 3.63) is 30.1 Å². The van der Waals surface area contributed by atoms with Crippen LogP contribution in [-0.4, -0.2) is 29.8 Å². The van der Waals surface area contributed by atoms with E-state index in [-0.39, 0.29) is 11.9 Å². The first-order valence-electron chi connectivity index (χ1n) is 5.54. The number of halogens is 1. The fraction of sp³-hybridized carbons (Fsp3) is 0.417. The van der Waals surface area contributed by atoms with Crippen LogP contribution in [0.5, 0.6) is 5.75 Å². The summed E-state index contributed by atoms with van der Waals surface area (Å²) in [6, 6.07) is 5.54. The van der Waals surface area contributed by atoms with Crippen molar-refractivity contribution in [2.24, 2.45) is 0 Å². The molecular formula is C12H14FNO3. The summed E-state index contributed by atoms with van der Waals surface area (Å²) in [6.45, 7) is 0.566. The quantitative estimate of drug-likeness (QED) is 0.837. The first-order valence-corrected chi connectivity index (χ1v) is 5.54. The summed E-state index contributed by atoms with van der Waals surface area (Å²) in [5.41, 5.74) is 0. The number of hydrogen-bond acceptors (Lipinski definition) is 3. The second kappa shape index (κ2) is 5.14. The number of benzene rings is 1. The summed E-state index contributed by atoms with van der Waals surface area (Å²) in [5.74, 6) is -1.13. The van der Waals surface area contributed by atoms with Gasteiger partial charge < -0.3 is 15.2 Å². The lowest BCUT2D eigenvalue weighted by Crippen LogP contribution is -2.46. The molecule has 1 aliphatic heterocycles. The molecule has 2 atom stereocenters. The van der Waals surface area contributed by atoms with E-state index in [1.807, 2.05) is 0 Å². The minimum Gasteiger partial charge on any atom is -0.487 e. The van der Waals surface area contributed by atoms with E-state index in [2.05, 4.69) is 5.32 Å². The van der Waals surface area contributed by atoms with Crippen molar-refractivity contribution in [3.63, 3.8) is 0 Å². The monoisotopic (exact) mass is 239 g/mol. The zero-order valence-corrected chi connectivity index (χ0v) is 9.23. The second-order valence-electron chi connectivity index (χ2n) is 4.04. The van der Waals surface area contributed by atoms with Gasteiger partial charge in [-0.25, -0.2) is 4.39 Å². The maximum absolute atomic E-state index is 13.3. The Morgan fingerprint density at radius 3 is 2.94 bits per heavy atom. The van der Waals surface area contributed by atoms with Gasteiger partial charge in [-0.15, -0.1) is 0 Å². The van der Waals surface area contributed by atoms with Crippen LogP contribution in [0, 0.1) is 5.82 Å². The normalized spacial score (nSPS) is 24.3. The molecule has 0 spiro atoms. The summed E-state index contributed by atoms with van der Waals surface area (Å²) in [6.07, 6.45) is 0.774. The molecule has 0 saturated carbocycles. The van der Waals surface area contributed by atoms with Gasteiger partial charge in [-0.1, -0.05) is 12.1 Å². The lowest BCUT2D eigenvalue weighted by atomic mass is 10.0. The Morgan fingerprint density at radius 2 is 2.24 bits per heavy atom. The number of nitrogens with one attached hydrogen (secondary N) is 1. The fourth-order valence-electron chi connectivity index (χ4n) is 1.90. The van der Waals surface area contributed by atoms with Gasteiger partial charge in [-0.3, -0.25) is 4.79 Å². The molecule has 0 aromatic heterocycles. The van der Waals surface area contributed by atoms with Crippen LogP contribution in [0.1, 0.15) is 12.8 Å². The Kier molecular flexibility index (Phi) is 3.58. The molecule has 0 aliphatic carbocycles. The lowest BCUT2D eigenvalue weighted by molar-refractivity contribution is -0.140. The van der Waals surface area contributed by atoms with Crippen LogP contribution in [0.3, 0.4) is 0 Å². The fourth-order valence-corrected chi connectivity index (χ4v) is 1.90. The molecule has 1 aromatic carbocycles. The molecule has 17 heavy (non-hydrogen) atoms. The third-order valence-corrected chi connectivity index (χ3v) is 2.78. The molecule has 1 fully saturated rings. The molecule has 1 heterocycles. The van der Waals surface area contributed by atoms with E-state index in [4.69, 9.17) is 9.84 Å². The first kappa shape index (κ1) is 11.9. The molecule has 1 aliphatic rings. The van der Waals surface area contributed by atoms with Crippen LogP contribution in [0.25, 0.3) is 0 Å². The number of hydrogen-bond donors (Lipinski definition) is 2. The first-order chi connectivity index (χ1) is 8.16. The van der Waals surface area contributed by atoms with Crippen LogP contribution >= 0.6 is 0 Å². The van der Waals surface area contributed by atoms with Gasteiger partial charge in [-0.05, 0) is 25.1 Å². The highest BCUT2D eigenvalue weighted by molar-refractivity contribution is 5.73. The zero-order chi connectivity index (χ0) is 12.3. The third kappa shape index (κ3) is 2.94. The average molecular weight is 239 g/mol. The van der Waals surface area contributed by atoms with E-state index in [0.717, 1.165) is 0 Å². The smallest absolute Gasteiger partial charge is 0.320 e. The second-order valence-corrected chi connectivity index (χ2v) is 4.04. The van der Waals surface area contributed by atoms with Gasteiger partial charge in [-0.2, -0.15) is 0 Å². The standard InChI is InChI=1S/C12H14FNO3/c13-9-3-1-2-4-11(9)17-8-5-6-14-10(7-8)12(15)16/h1-4,8,10,14H,5-7H2,(H,15,16). The third-order valence-electron chi connectivity index (χ3n) is 2.78. The van der Waals surface area contributed by atoms with Crippen molar-refractivity contribution in [2.75, 3.05) is 6.54 Å². The van der Waals surface area contributed by atoms with Gasteiger partial charge in [0, 0.05) is 6.42 Å². The number of aliphatic carboxylic acids is 1. The highest BCUT2D eigenvalue weighted by atomic mass is 19.1. The Morgan fingerprint density at radius 1 is 1.47 bits per heavy atom. The molecule has 5 heteroatoms. The van der Waals surface area contributed by atoms with E-state index < -0.39 is 17.8 Å². The van der Waals surface area contributed by atoms with E-state index in [0.29, 0.717) is 19.4 Å². The Labute approximate surface area is 98.4 Å². The van der Waals surface area contributed by atoms with Gasteiger partial charge in [0.2, 0.25) is 0 Å². The molecule has 2 N–H and O–H groups in total. The molecule has 4 nitrogen and oxygen atoms in total. The number of carboxylic acid groups (broad SMARTS) is 1. The molecule has 1 saturated heterocycles. The molecule has 1 aromatic rings. The summed E-state index contributed by atoms with van der Waals surface area (Å²) in [4.78, 5) is 10.8. The highest BCUT2D eigenvalue weighted by Gasteiger charge is 2.28. The SMILES string of the molecule is O=C(O)C1CC(Oc2ccccc2F)CCN1. The van der Waals surface area contributed by atoms with Crippen molar-refractivity contribution in [2.45, 2.75) is 25.0 Å². The van der Waals surface area contributed by atoms with Gasteiger partial charge in [0.1, 0.15) is 12.1 Å². The number of piperidine rings is 1. The Bertz CT molecular complexity index is 410. The maximum Gasteiger partial charge on any atom is 0.320 e. The van der Waals surface area contributed by atoms with Crippen molar-refractivity contribution < 1.29 is 19.0 Å². The van der Waals surface area contributed by atoms with Crippen molar-refractivity contribution in [1.82, 2.24) is 5.32 Å². The number of ether oxygens (including phenoxy) is 1. The van der Waals surface area contributed by atoms with E-state index in [1.165, 1.54) is 6.07 Å². The molecule has 2 rings (SSSR count). The van der Waals surface area contributed by atoms with Crippen LogP contribution in [0.2, 0.25) is 0 Å². The molecule has 0 bridgehead atoms. The van der Waals surface area contributed by atoms with Crippen LogP contribution in [-0.2, 0) is 4.79 Å². The van der Waals surface area contributed by atoms with Gasteiger partial charge in [0.15, 0.2) is 11.6 Å². The predicted molar refractivity (Wildman–Crippen MR) is 59.5 cm³/mol. The molecule has 0 amide bonds. The van der Waals surface area contributed by atoms with Gasteiger partial charge in [0.05, 0.1) is 0 Å². The Balaban J connectivity index is 1.99. The minimum absolute atomic E-state index is 0.184. The minimum atomic E-state index is -0.896. The van der Waals surface area contributed by atoms with Crippen LogP contribution in [0.15, 0.2) is 24.3 Å². The summed E-state index contributed by atoms with van der Waals surface area (Å²) >= 11 is 0. The number of rotatable bonds is 3. The Hall–Kier alpha value is -1.62. The molecule has 0 radical (unpaired) electrons. The number of carbonyl (C=O) groups is 1. The van der Waals surface area contributed by atoms with Crippen molar-refractivity contribution >= 4 is 5.97 Å². The average Bonchev–Trinajstić information content (AvgIpc) is 2.32.